The van der Waals surface area contributed by atoms with Gasteiger partial charge >= 0.3 is 0 Å². The van der Waals surface area contributed by atoms with Gasteiger partial charge in [0.15, 0.2) is 0 Å². The highest BCUT2D eigenvalue weighted by atomic mass is 35.5. The largest absolute Gasteiger partial charge is 0.308 e. The summed E-state index contributed by atoms with van der Waals surface area (Å²) in [5.74, 6) is 0. The molecule has 0 saturated carbocycles. The van der Waals surface area contributed by atoms with Crippen LogP contribution in [0.3, 0.4) is 0 Å². The van der Waals surface area contributed by atoms with Crippen LogP contribution in [-0.4, -0.2) is 31.6 Å². The molecule has 16 heavy (non-hydrogen) atoms. The molecule has 0 bridgehead atoms. The second kappa shape index (κ2) is 5.05. The predicted octanol–water partition coefficient (Wildman–Crippen LogP) is 2.93. The Balaban J connectivity index is 1.97. The molecule has 0 aliphatic heterocycles. The van der Waals surface area contributed by atoms with Crippen molar-refractivity contribution < 1.29 is 0 Å². The molecular formula is C12H19ClN2S. The van der Waals surface area contributed by atoms with E-state index < -0.39 is 0 Å². The van der Waals surface area contributed by atoms with Gasteiger partial charge in [0, 0.05) is 23.5 Å². The molecule has 1 aliphatic rings. The van der Waals surface area contributed by atoms with E-state index in [-0.39, 0.29) is 0 Å². The van der Waals surface area contributed by atoms with Crippen LogP contribution in [0.15, 0.2) is 6.07 Å². The Hall–Kier alpha value is -0.0900. The van der Waals surface area contributed by atoms with Gasteiger partial charge in [-0.1, -0.05) is 11.6 Å². The lowest BCUT2D eigenvalue weighted by molar-refractivity contribution is 0.328. The number of aryl methyl sites for hydroxylation is 1. The fourth-order valence-corrected chi connectivity index (χ4v) is 3.80. The molecule has 0 amide bonds. The summed E-state index contributed by atoms with van der Waals surface area (Å²) >= 11 is 7.78. The molecule has 1 aromatic rings. The number of fused-ring (bicyclic) bond motifs is 1. The molecule has 1 aliphatic carbocycles. The maximum absolute atomic E-state index is 6.05. The Morgan fingerprint density at radius 2 is 2.38 bits per heavy atom. The van der Waals surface area contributed by atoms with Gasteiger partial charge in [-0.25, -0.2) is 0 Å². The molecule has 0 saturated heterocycles. The summed E-state index contributed by atoms with van der Waals surface area (Å²) in [5.41, 5.74) is 1.43. The van der Waals surface area contributed by atoms with Gasteiger partial charge in [0.2, 0.25) is 0 Å². The van der Waals surface area contributed by atoms with Gasteiger partial charge in [0.1, 0.15) is 0 Å². The minimum atomic E-state index is 0.508. The van der Waals surface area contributed by atoms with Crippen molar-refractivity contribution in [3.63, 3.8) is 0 Å². The summed E-state index contributed by atoms with van der Waals surface area (Å²) in [7, 11) is 4.22. The molecule has 4 heteroatoms. The lowest BCUT2D eigenvalue weighted by atomic mass is 10.1. The summed E-state index contributed by atoms with van der Waals surface area (Å²) < 4.78 is 0.928. The number of nitrogens with one attached hydrogen (secondary N) is 1. The average molecular weight is 259 g/mol. The number of halogens is 1. The van der Waals surface area contributed by atoms with Gasteiger partial charge in [-0.2, -0.15) is 0 Å². The van der Waals surface area contributed by atoms with E-state index in [0.717, 1.165) is 10.9 Å². The molecule has 0 radical (unpaired) electrons. The fourth-order valence-electron chi connectivity index (χ4n) is 2.45. The zero-order valence-electron chi connectivity index (χ0n) is 10.1. The Morgan fingerprint density at radius 1 is 1.62 bits per heavy atom. The van der Waals surface area contributed by atoms with Gasteiger partial charge in [-0.15, -0.1) is 11.3 Å². The highest BCUT2D eigenvalue weighted by Gasteiger charge is 2.25. The quantitative estimate of drug-likeness (QED) is 0.894. The van der Waals surface area contributed by atoms with Crippen molar-refractivity contribution >= 4 is 22.9 Å². The van der Waals surface area contributed by atoms with Gasteiger partial charge in [-0.05, 0) is 45.5 Å². The molecule has 0 fully saturated rings. The summed E-state index contributed by atoms with van der Waals surface area (Å²) in [6.45, 7) is 3.32. The molecule has 2 nitrogen and oxygen atoms in total. The van der Waals surface area contributed by atoms with E-state index in [1.165, 1.54) is 23.3 Å². The molecule has 0 spiro atoms. The van der Waals surface area contributed by atoms with E-state index in [2.05, 4.69) is 37.3 Å². The zero-order valence-corrected chi connectivity index (χ0v) is 11.7. The lowest BCUT2D eigenvalue weighted by Gasteiger charge is -2.22. The number of thiophene rings is 1. The van der Waals surface area contributed by atoms with Crippen LogP contribution in [0.5, 0.6) is 0 Å². The maximum Gasteiger partial charge on any atom is 0.0934 e. The van der Waals surface area contributed by atoms with E-state index in [1.54, 1.807) is 11.3 Å². The molecule has 2 atom stereocenters. The van der Waals surface area contributed by atoms with Crippen LogP contribution in [-0.2, 0) is 6.42 Å². The predicted molar refractivity (Wildman–Crippen MR) is 71.5 cm³/mol. The Morgan fingerprint density at radius 3 is 3.06 bits per heavy atom. The van der Waals surface area contributed by atoms with Gasteiger partial charge in [-0.3, -0.25) is 0 Å². The second-order valence-corrected chi connectivity index (χ2v) is 6.62. The van der Waals surface area contributed by atoms with Crippen molar-refractivity contribution in [1.82, 2.24) is 10.2 Å². The van der Waals surface area contributed by atoms with Crippen LogP contribution in [0, 0.1) is 0 Å². The van der Waals surface area contributed by atoms with E-state index in [4.69, 9.17) is 11.6 Å². The highest BCUT2D eigenvalue weighted by molar-refractivity contribution is 7.16. The molecule has 2 unspecified atom stereocenters. The zero-order chi connectivity index (χ0) is 11.7. The fraction of sp³-hybridized carbons (Fsp3) is 0.667. The summed E-state index contributed by atoms with van der Waals surface area (Å²) in [6.07, 6.45) is 2.40. The number of rotatable bonds is 4. The van der Waals surface area contributed by atoms with Gasteiger partial charge in [0.05, 0.1) is 4.34 Å². The van der Waals surface area contributed by atoms with Crippen LogP contribution >= 0.6 is 22.9 Å². The number of hydrogen-bond acceptors (Lipinski definition) is 3. The number of likely N-dealkylation sites (N-methyl/N-ethyl adjacent to an activating group) is 1. The maximum atomic E-state index is 6.05. The third kappa shape index (κ3) is 2.77. The van der Waals surface area contributed by atoms with Crippen molar-refractivity contribution in [2.45, 2.75) is 31.8 Å². The molecule has 1 N–H and O–H groups in total. The minimum Gasteiger partial charge on any atom is -0.308 e. The molecular weight excluding hydrogens is 240 g/mol. The highest BCUT2D eigenvalue weighted by Crippen LogP contribution is 2.39. The SMILES string of the molecule is CC(CN(C)C)NC1CCc2sc(Cl)cc21. The van der Waals surface area contributed by atoms with E-state index in [9.17, 15) is 0 Å². The van der Waals surface area contributed by atoms with Crippen LogP contribution in [0.1, 0.15) is 29.8 Å². The third-order valence-electron chi connectivity index (χ3n) is 2.97. The first-order valence-electron chi connectivity index (χ1n) is 5.75. The second-order valence-electron chi connectivity index (χ2n) is 4.85. The summed E-state index contributed by atoms with van der Waals surface area (Å²) in [6, 6.07) is 3.16. The topological polar surface area (TPSA) is 15.3 Å². The third-order valence-corrected chi connectivity index (χ3v) is 4.31. The summed E-state index contributed by atoms with van der Waals surface area (Å²) in [4.78, 5) is 3.69. The smallest absolute Gasteiger partial charge is 0.0934 e. The number of hydrogen-bond donors (Lipinski definition) is 1. The van der Waals surface area contributed by atoms with Crippen LogP contribution in [0.25, 0.3) is 0 Å². The van der Waals surface area contributed by atoms with Gasteiger partial charge in [0.25, 0.3) is 0 Å². The molecule has 0 aromatic carbocycles. The first-order chi connectivity index (χ1) is 7.56. The van der Waals surface area contributed by atoms with Crippen molar-refractivity contribution in [3.8, 4) is 0 Å². The standard InChI is InChI=1S/C12H19ClN2S/c1-8(7-15(2)3)14-10-4-5-11-9(10)6-12(13)16-11/h6,8,10,14H,4-5,7H2,1-3H3. The van der Waals surface area contributed by atoms with Crippen molar-refractivity contribution in [3.05, 3.63) is 20.8 Å². The average Bonchev–Trinajstić information content (AvgIpc) is 2.65. The molecule has 1 heterocycles. The van der Waals surface area contributed by atoms with Crippen LogP contribution < -0.4 is 5.32 Å². The molecule has 90 valence electrons. The summed E-state index contributed by atoms with van der Waals surface area (Å²) in [5, 5.41) is 3.69. The minimum absolute atomic E-state index is 0.508. The van der Waals surface area contributed by atoms with Crippen molar-refractivity contribution in [2.24, 2.45) is 0 Å². The van der Waals surface area contributed by atoms with Gasteiger partial charge < -0.3 is 10.2 Å². The molecule has 1 aromatic heterocycles. The monoisotopic (exact) mass is 258 g/mol. The first kappa shape index (κ1) is 12.4. The van der Waals surface area contributed by atoms with E-state index in [1.807, 2.05) is 0 Å². The molecule has 2 rings (SSSR count). The van der Waals surface area contributed by atoms with Crippen LogP contribution in [0.2, 0.25) is 4.34 Å². The normalized spacial score (nSPS) is 21.4. The van der Waals surface area contributed by atoms with E-state index >= 15 is 0 Å². The Bertz CT molecular complexity index is 362. The van der Waals surface area contributed by atoms with Crippen molar-refractivity contribution in [2.75, 3.05) is 20.6 Å². The first-order valence-corrected chi connectivity index (χ1v) is 6.94. The van der Waals surface area contributed by atoms with Crippen LogP contribution in [0.4, 0.5) is 0 Å². The Kier molecular flexibility index (Phi) is 3.90. The van der Waals surface area contributed by atoms with E-state index in [0.29, 0.717) is 12.1 Å². The lowest BCUT2D eigenvalue weighted by Crippen LogP contribution is -2.37. The number of nitrogens with zero attached hydrogens (tertiary/aromatic N) is 1. The van der Waals surface area contributed by atoms with Crippen molar-refractivity contribution in [1.29, 1.82) is 0 Å². The Labute approximate surface area is 107 Å².